The van der Waals surface area contributed by atoms with E-state index in [-0.39, 0.29) is 11.3 Å². The van der Waals surface area contributed by atoms with E-state index >= 15 is 0 Å². The van der Waals surface area contributed by atoms with Crippen LogP contribution in [0.1, 0.15) is 28.4 Å². The van der Waals surface area contributed by atoms with Gasteiger partial charge in [0, 0.05) is 30.1 Å². The summed E-state index contributed by atoms with van der Waals surface area (Å²) >= 11 is 0. The van der Waals surface area contributed by atoms with Crippen molar-refractivity contribution in [1.82, 2.24) is 20.0 Å². The molecule has 0 bridgehead atoms. The second kappa shape index (κ2) is 9.34. The molecule has 0 aliphatic heterocycles. The molecule has 2 aromatic carbocycles. The Balaban J connectivity index is 1.64. The van der Waals surface area contributed by atoms with Crippen LogP contribution < -0.4 is 10.6 Å². The highest BCUT2D eigenvalue weighted by Crippen LogP contribution is 2.34. The lowest BCUT2D eigenvalue weighted by atomic mass is 10.1. The molecule has 2 N–H and O–H groups in total. The third-order valence-electron chi connectivity index (χ3n) is 5.13. The quantitative estimate of drug-likeness (QED) is 0.401. The summed E-state index contributed by atoms with van der Waals surface area (Å²) in [5.41, 5.74) is 2.72. The summed E-state index contributed by atoms with van der Waals surface area (Å²) in [7, 11) is 0. The van der Waals surface area contributed by atoms with E-state index in [4.69, 9.17) is 0 Å². The molecular formula is C24H21F3N6O. The number of carbonyl (C=O) groups excluding carboxylic acids is 1. The first-order chi connectivity index (χ1) is 16.3. The van der Waals surface area contributed by atoms with Crippen LogP contribution >= 0.6 is 0 Å². The highest BCUT2D eigenvalue weighted by Gasteiger charge is 2.31. The molecule has 0 saturated carbocycles. The number of nitrogens with one attached hydrogen (secondary N) is 2. The van der Waals surface area contributed by atoms with Gasteiger partial charge in [-0.15, -0.1) is 5.10 Å². The van der Waals surface area contributed by atoms with Crippen LogP contribution in [0.3, 0.4) is 0 Å². The molecule has 2 aromatic heterocycles. The number of hydrogen-bond donors (Lipinski definition) is 2. The highest BCUT2D eigenvalue weighted by molar-refractivity contribution is 6.06. The number of halogens is 3. The lowest BCUT2D eigenvalue weighted by Crippen LogP contribution is -2.16. The second-order valence-corrected chi connectivity index (χ2v) is 7.53. The molecule has 0 unspecified atom stereocenters. The Hall–Kier alpha value is -4.21. The minimum atomic E-state index is -4.53. The van der Waals surface area contributed by atoms with Crippen molar-refractivity contribution in [3.05, 3.63) is 83.8 Å². The minimum absolute atomic E-state index is 0.0448. The lowest BCUT2D eigenvalue weighted by Gasteiger charge is -2.16. The number of hydrogen-bond acceptors (Lipinski definition) is 5. The number of aromatic nitrogens is 4. The smallest absolute Gasteiger partial charge is 0.384 e. The van der Waals surface area contributed by atoms with Gasteiger partial charge in [-0.3, -0.25) is 9.78 Å². The average molecular weight is 466 g/mol. The maximum absolute atomic E-state index is 13.2. The normalized spacial score (nSPS) is 11.3. The van der Waals surface area contributed by atoms with E-state index < -0.39 is 17.6 Å². The van der Waals surface area contributed by atoms with Crippen LogP contribution in [0.4, 0.5) is 24.5 Å². The van der Waals surface area contributed by atoms with Crippen molar-refractivity contribution in [3.8, 4) is 16.9 Å². The maximum Gasteiger partial charge on any atom is 0.416 e. The van der Waals surface area contributed by atoms with Gasteiger partial charge in [-0.2, -0.15) is 13.2 Å². The molecule has 0 aliphatic rings. The van der Waals surface area contributed by atoms with E-state index in [1.54, 1.807) is 47.5 Å². The number of pyridine rings is 1. The first-order valence-electron chi connectivity index (χ1n) is 10.5. The number of nitrogens with zero attached hydrogens (tertiary/aromatic N) is 4. The van der Waals surface area contributed by atoms with E-state index in [1.807, 2.05) is 19.9 Å². The fraction of sp³-hybridized carbons (Fsp3) is 0.167. The molecule has 4 aromatic rings. The molecule has 0 atom stereocenters. The van der Waals surface area contributed by atoms with Gasteiger partial charge >= 0.3 is 6.18 Å². The van der Waals surface area contributed by atoms with Gasteiger partial charge in [0.05, 0.1) is 28.8 Å². The minimum Gasteiger partial charge on any atom is -0.384 e. The average Bonchev–Trinajstić information content (AvgIpc) is 3.30. The van der Waals surface area contributed by atoms with Gasteiger partial charge in [-0.25, -0.2) is 4.68 Å². The molecule has 0 aliphatic carbocycles. The molecule has 2 heterocycles. The number of rotatable bonds is 6. The molecule has 34 heavy (non-hydrogen) atoms. The number of alkyl halides is 3. The van der Waals surface area contributed by atoms with Gasteiger partial charge < -0.3 is 10.6 Å². The molecule has 0 spiro atoms. The Morgan fingerprint density at radius 1 is 1.09 bits per heavy atom. The molecule has 0 saturated heterocycles. The third kappa shape index (κ3) is 4.90. The van der Waals surface area contributed by atoms with Crippen LogP contribution in [0, 0.1) is 6.92 Å². The van der Waals surface area contributed by atoms with Crippen LogP contribution in [-0.4, -0.2) is 32.4 Å². The predicted octanol–water partition coefficient (Wildman–Crippen LogP) is 5.34. The highest BCUT2D eigenvalue weighted by atomic mass is 19.4. The van der Waals surface area contributed by atoms with Crippen LogP contribution in [0.25, 0.3) is 16.9 Å². The summed E-state index contributed by atoms with van der Waals surface area (Å²) in [6.07, 6.45) is 0.519. The predicted molar refractivity (Wildman–Crippen MR) is 123 cm³/mol. The van der Waals surface area contributed by atoms with Crippen molar-refractivity contribution in [2.45, 2.75) is 20.0 Å². The van der Waals surface area contributed by atoms with Gasteiger partial charge in [0.25, 0.3) is 5.91 Å². The monoisotopic (exact) mass is 466 g/mol. The molecule has 0 radical (unpaired) electrons. The SMILES string of the molecule is CCNc1ccc(C(F)(F)F)cc1NC(=O)c1ccc(C)c(-n2cc(-c3cccnc3)nn2)c1. The molecule has 174 valence electrons. The summed E-state index contributed by atoms with van der Waals surface area (Å²) in [6, 6.07) is 11.8. The zero-order valence-electron chi connectivity index (χ0n) is 18.4. The fourth-order valence-corrected chi connectivity index (χ4v) is 3.39. The topological polar surface area (TPSA) is 84.7 Å². The van der Waals surface area contributed by atoms with E-state index in [0.717, 1.165) is 23.3 Å². The van der Waals surface area contributed by atoms with Gasteiger partial charge in [0.1, 0.15) is 5.69 Å². The molecular weight excluding hydrogens is 445 g/mol. The Bertz CT molecular complexity index is 1320. The molecule has 10 heteroatoms. The van der Waals surface area contributed by atoms with Crippen molar-refractivity contribution >= 4 is 17.3 Å². The number of benzene rings is 2. The summed E-state index contributed by atoms with van der Waals surface area (Å²) in [4.78, 5) is 17.1. The number of anilines is 2. The molecule has 4 rings (SSSR count). The number of aryl methyl sites for hydroxylation is 1. The fourth-order valence-electron chi connectivity index (χ4n) is 3.39. The summed E-state index contributed by atoms with van der Waals surface area (Å²) in [5, 5.41) is 13.9. The van der Waals surface area contributed by atoms with E-state index in [2.05, 4.69) is 25.9 Å². The van der Waals surface area contributed by atoms with Crippen LogP contribution in [0.5, 0.6) is 0 Å². The second-order valence-electron chi connectivity index (χ2n) is 7.53. The Morgan fingerprint density at radius 2 is 1.91 bits per heavy atom. The Kier molecular flexibility index (Phi) is 6.31. The Labute approximate surface area is 193 Å². The summed E-state index contributed by atoms with van der Waals surface area (Å²) in [5.74, 6) is -0.549. The van der Waals surface area contributed by atoms with Crippen LogP contribution in [0.15, 0.2) is 67.1 Å². The zero-order valence-corrected chi connectivity index (χ0v) is 18.4. The third-order valence-corrected chi connectivity index (χ3v) is 5.13. The van der Waals surface area contributed by atoms with Gasteiger partial charge in [0.15, 0.2) is 0 Å². The number of carbonyl (C=O) groups is 1. The van der Waals surface area contributed by atoms with E-state index in [9.17, 15) is 18.0 Å². The maximum atomic E-state index is 13.2. The molecule has 1 amide bonds. The van der Waals surface area contributed by atoms with Crippen molar-refractivity contribution in [3.63, 3.8) is 0 Å². The Morgan fingerprint density at radius 3 is 2.62 bits per heavy atom. The lowest BCUT2D eigenvalue weighted by molar-refractivity contribution is -0.137. The van der Waals surface area contributed by atoms with Gasteiger partial charge in [-0.05, 0) is 61.9 Å². The zero-order chi connectivity index (χ0) is 24.3. The molecule has 7 nitrogen and oxygen atoms in total. The number of amides is 1. The largest absolute Gasteiger partial charge is 0.416 e. The molecule has 0 fully saturated rings. The van der Waals surface area contributed by atoms with E-state index in [1.165, 1.54) is 6.07 Å². The van der Waals surface area contributed by atoms with Gasteiger partial charge in [-0.1, -0.05) is 11.3 Å². The van der Waals surface area contributed by atoms with Crippen molar-refractivity contribution in [2.24, 2.45) is 0 Å². The summed E-state index contributed by atoms with van der Waals surface area (Å²) in [6.45, 7) is 4.15. The van der Waals surface area contributed by atoms with Crippen LogP contribution in [0.2, 0.25) is 0 Å². The van der Waals surface area contributed by atoms with Crippen molar-refractivity contribution < 1.29 is 18.0 Å². The van der Waals surface area contributed by atoms with Crippen molar-refractivity contribution in [1.29, 1.82) is 0 Å². The van der Waals surface area contributed by atoms with Crippen molar-refractivity contribution in [2.75, 3.05) is 17.2 Å². The first kappa shape index (κ1) is 23.0. The first-order valence-corrected chi connectivity index (χ1v) is 10.5. The van der Waals surface area contributed by atoms with Crippen LogP contribution in [-0.2, 0) is 6.18 Å². The standard InChI is InChI=1S/C24H21F3N6O/c1-3-29-19-9-8-18(24(25,26)27)12-20(19)30-23(34)16-7-6-15(2)22(11-16)33-14-21(31-32-33)17-5-4-10-28-13-17/h4-14,29H,3H2,1-2H3,(H,30,34). The van der Waals surface area contributed by atoms with E-state index in [0.29, 0.717) is 23.6 Å². The van der Waals surface area contributed by atoms with Gasteiger partial charge in [0.2, 0.25) is 0 Å². The summed E-state index contributed by atoms with van der Waals surface area (Å²) < 4.78 is 41.2.